The second-order valence-corrected chi connectivity index (χ2v) is 6.76. The summed E-state index contributed by atoms with van der Waals surface area (Å²) in [5, 5.41) is 2.77. The molecule has 0 aliphatic rings. The number of amides is 1. The van der Waals surface area contributed by atoms with Crippen molar-refractivity contribution in [3.8, 4) is 0 Å². The van der Waals surface area contributed by atoms with Crippen LogP contribution in [0.5, 0.6) is 0 Å². The molecular formula is C12H7BrI2N2O. The van der Waals surface area contributed by atoms with Gasteiger partial charge in [0, 0.05) is 17.8 Å². The van der Waals surface area contributed by atoms with Gasteiger partial charge in [0.25, 0.3) is 5.91 Å². The summed E-state index contributed by atoms with van der Waals surface area (Å²) in [7, 11) is 0. The van der Waals surface area contributed by atoms with E-state index >= 15 is 0 Å². The first kappa shape index (κ1) is 14.2. The fraction of sp³-hybridized carbons (Fsp3) is 0. The SMILES string of the molecule is O=C(Nc1ccc(I)cn1)c1cc(Br)ccc1I. The van der Waals surface area contributed by atoms with Crippen molar-refractivity contribution in [3.63, 3.8) is 0 Å². The van der Waals surface area contributed by atoms with Gasteiger partial charge in [-0.25, -0.2) is 4.98 Å². The second-order valence-electron chi connectivity index (χ2n) is 3.44. The van der Waals surface area contributed by atoms with Crippen molar-refractivity contribution < 1.29 is 4.79 Å². The van der Waals surface area contributed by atoms with Crippen LogP contribution in [-0.4, -0.2) is 10.9 Å². The molecule has 0 saturated carbocycles. The standard InChI is InChI=1S/C12H7BrI2N2O/c13-7-1-3-10(15)9(5-7)12(18)17-11-4-2-8(14)6-16-11/h1-6H,(H,16,17,18). The average Bonchev–Trinajstić information content (AvgIpc) is 2.35. The quantitative estimate of drug-likeness (QED) is 0.591. The first-order valence-corrected chi connectivity index (χ1v) is 7.89. The molecule has 1 aromatic carbocycles. The Bertz CT molecular complexity index is 587. The monoisotopic (exact) mass is 528 g/mol. The third kappa shape index (κ3) is 3.64. The van der Waals surface area contributed by atoms with E-state index in [-0.39, 0.29) is 5.91 Å². The highest BCUT2D eigenvalue weighted by molar-refractivity contribution is 14.1. The Balaban J connectivity index is 2.21. The van der Waals surface area contributed by atoms with Crippen LogP contribution in [0.3, 0.4) is 0 Å². The van der Waals surface area contributed by atoms with E-state index in [2.05, 4.69) is 71.4 Å². The number of rotatable bonds is 2. The molecule has 0 unspecified atom stereocenters. The molecule has 0 radical (unpaired) electrons. The van der Waals surface area contributed by atoms with E-state index in [9.17, 15) is 4.79 Å². The topological polar surface area (TPSA) is 42.0 Å². The minimum absolute atomic E-state index is 0.158. The molecule has 6 heteroatoms. The number of halogens is 3. The normalized spacial score (nSPS) is 10.2. The summed E-state index contributed by atoms with van der Waals surface area (Å²) >= 11 is 7.67. The van der Waals surface area contributed by atoms with Gasteiger partial charge in [-0.3, -0.25) is 4.79 Å². The molecule has 1 amide bonds. The fourth-order valence-corrected chi connectivity index (χ4v) is 2.57. The Hall–Kier alpha value is -0.220. The number of hydrogen-bond acceptors (Lipinski definition) is 2. The van der Waals surface area contributed by atoms with Gasteiger partial charge in [-0.05, 0) is 75.5 Å². The number of hydrogen-bond donors (Lipinski definition) is 1. The molecule has 18 heavy (non-hydrogen) atoms. The first-order valence-electron chi connectivity index (χ1n) is 4.94. The predicted octanol–water partition coefficient (Wildman–Crippen LogP) is 4.31. The Kier molecular flexibility index (Phi) is 4.96. The second kappa shape index (κ2) is 6.29. The molecular weight excluding hydrogens is 522 g/mol. The molecule has 0 atom stereocenters. The largest absolute Gasteiger partial charge is 0.307 e. The number of aromatic nitrogens is 1. The summed E-state index contributed by atoms with van der Waals surface area (Å²) in [6.07, 6.45) is 1.71. The van der Waals surface area contributed by atoms with Gasteiger partial charge >= 0.3 is 0 Å². The zero-order chi connectivity index (χ0) is 13.1. The van der Waals surface area contributed by atoms with E-state index in [1.54, 1.807) is 18.3 Å². The molecule has 0 saturated heterocycles. The Morgan fingerprint density at radius 2 is 2.00 bits per heavy atom. The summed E-state index contributed by atoms with van der Waals surface area (Å²) < 4.78 is 2.81. The first-order chi connectivity index (χ1) is 8.56. The van der Waals surface area contributed by atoms with Crippen molar-refractivity contribution in [1.29, 1.82) is 0 Å². The summed E-state index contributed by atoms with van der Waals surface area (Å²) in [4.78, 5) is 16.2. The number of benzene rings is 1. The van der Waals surface area contributed by atoms with Gasteiger partial charge in [-0.15, -0.1) is 0 Å². The van der Waals surface area contributed by atoms with Crippen LogP contribution in [0.2, 0.25) is 0 Å². The third-order valence-corrected chi connectivity index (χ3v) is 4.21. The van der Waals surface area contributed by atoms with E-state index in [1.165, 1.54) is 0 Å². The van der Waals surface area contributed by atoms with Gasteiger partial charge in [-0.1, -0.05) is 15.9 Å². The maximum Gasteiger partial charge on any atom is 0.257 e. The van der Waals surface area contributed by atoms with Crippen LogP contribution in [0.15, 0.2) is 41.0 Å². The summed E-state index contributed by atoms with van der Waals surface area (Å²) in [6, 6.07) is 9.27. The van der Waals surface area contributed by atoms with Crippen molar-refractivity contribution in [2.45, 2.75) is 0 Å². The fourth-order valence-electron chi connectivity index (χ4n) is 1.30. The number of carbonyl (C=O) groups is 1. The van der Waals surface area contributed by atoms with E-state index in [0.717, 1.165) is 11.6 Å². The average molecular weight is 529 g/mol. The smallest absolute Gasteiger partial charge is 0.257 e. The Morgan fingerprint density at radius 1 is 1.22 bits per heavy atom. The maximum atomic E-state index is 12.1. The summed E-state index contributed by atoms with van der Waals surface area (Å²) in [5.74, 6) is 0.394. The van der Waals surface area contributed by atoms with Crippen LogP contribution < -0.4 is 5.32 Å². The van der Waals surface area contributed by atoms with E-state index < -0.39 is 0 Å². The van der Waals surface area contributed by atoms with Gasteiger partial charge in [0.2, 0.25) is 0 Å². The molecule has 1 N–H and O–H groups in total. The lowest BCUT2D eigenvalue weighted by Gasteiger charge is -2.06. The van der Waals surface area contributed by atoms with Crippen LogP contribution in [0.25, 0.3) is 0 Å². The number of anilines is 1. The highest BCUT2D eigenvalue weighted by Crippen LogP contribution is 2.19. The van der Waals surface area contributed by atoms with Crippen LogP contribution >= 0.6 is 61.1 Å². The highest BCUT2D eigenvalue weighted by Gasteiger charge is 2.11. The van der Waals surface area contributed by atoms with Crippen molar-refractivity contribution >= 4 is 72.8 Å². The van der Waals surface area contributed by atoms with E-state index in [0.29, 0.717) is 11.4 Å². The predicted molar refractivity (Wildman–Crippen MR) is 91.8 cm³/mol. The molecule has 0 bridgehead atoms. The molecule has 1 heterocycles. The summed E-state index contributed by atoms with van der Waals surface area (Å²) in [5.41, 5.74) is 0.630. The minimum Gasteiger partial charge on any atom is -0.307 e. The van der Waals surface area contributed by atoms with Crippen molar-refractivity contribution in [1.82, 2.24) is 4.98 Å². The number of nitrogens with zero attached hydrogens (tertiary/aromatic N) is 1. The van der Waals surface area contributed by atoms with Crippen LogP contribution in [-0.2, 0) is 0 Å². The lowest BCUT2D eigenvalue weighted by atomic mass is 10.2. The van der Waals surface area contributed by atoms with Crippen LogP contribution in [0.1, 0.15) is 10.4 Å². The van der Waals surface area contributed by atoms with E-state index in [4.69, 9.17) is 0 Å². The molecule has 2 aromatic rings. The van der Waals surface area contributed by atoms with Gasteiger partial charge in [0.15, 0.2) is 0 Å². The van der Waals surface area contributed by atoms with Gasteiger partial charge < -0.3 is 5.32 Å². The maximum absolute atomic E-state index is 12.1. The molecule has 3 nitrogen and oxygen atoms in total. The van der Waals surface area contributed by atoms with Gasteiger partial charge in [-0.2, -0.15) is 0 Å². The molecule has 0 spiro atoms. The van der Waals surface area contributed by atoms with Gasteiger partial charge in [0.05, 0.1) is 5.56 Å². The summed E-state index contributed by atoms with van der Waals surface area (Å²) in [6.45, 7) is 0. The highest BCUT2D eigenvalue weighted by atomic mass is 127. The lowest BCUT2D eigenvalue weighted by Crippen LogP contribution is -2.14. The molecule has 1 aromatic heterocycles. The van der Waals surface area contributed by atoms with Crippen molar-refractivity contribution in [3.05, 3.63) is 53.7 Å². The zero-order valence-electron chi connectivity index (χ0n) is 8.95. The molecule has 92 valence electrons. The number of nitrogens with one attached hydrogen (secondary N) is 1. The number of pyridine rings is 1. The lowest BCUT2D eigenvalue weighted by molar-refractivity contribution is 0.102. The molecule has 0 aliphatic carbocycles. The zero-order valence-corrected chi connectivity index (χ0v) is 14.9. The third-order valence-electron chi connectivity index (χ3n) is 2.14. The minimum atomic E-state index is -0.158. The van der Waals surface area contributed by atoms with E-state index in [1.807, 2.05) is 18.2 Å². The van der Waals surface area contributed by atoms with Crippen LogP contribution in [0.4, 0.5) is 5.82 Å². The van der Waals surface area contributed by atoms with Crippen molar-refractivity contribution in [2.75, 3.05) is 5.32 Å². The van der Waals surface area contributed by atoms with Crippen LogP contribution in [0, 0.1) is 7.14 Å². The Morgan fingerprint density at radius 3 is 2.67 bits per heavy atom. The number of carbonyl (C=O) groups excluding carboxylic acids is 1. The molecule has 2 rings (SSSR count). The Labute approximate surface area is 140 Å². The van der Waals surface area contributed by atoms with Gasteiger partial charge in [0.1, 0.15) is 5.82 Å². The molecule has 0 fully saturated rings. The van der Waals surface area contributed by atoms with Crippen molar-refractivity contribution in [2.24, 2.45) is 0 Å². The molecule has 0 aliphatic heterocycles.